The number of aromatic nitrogens is 1. The molecule has 3 aromatic carbocycles. The quantitative estimate of drug-likeness (QED) is 0.203. The van der Waals surface area contributed by atoms with Gasteiger partial charge in [0, 0.05) is 22.1 Å². The maximum Gasteiger partial charge on any atom is 0.416 e. The third-order valence-electron chi connectivity index (χ3n) is 8.75. The molecule has 46 heavy (non-hydrogen) atoms. The Morgan fingerprint density at radius 1 is 1.15 bits per heavy atom. The lowest BCUT2D eigenvalue weighted by Crippen LogP contribution is -2.44. The van der Waals surface area contributed by atoms with Gasteiger partial charge in [0.25, 0.3) is 5.91 Å². The predicted molar refractivity (Wildman–Crippen MR) is 161 cm³/mol. The van der Waals surface area contributed by atoms with Crippen molar-refractivity contribution < 1.29 is 41.7 Å². The zero-order chi connectivity index (χ0) is 33.2. The minimum Gasteiger partial charge on any atom is -0.496 e. The molecule has 2 heterocycles. The molecule has 1 aliphatic heterocycles. The van der Waals surface area contributed by atoms with Gasteiger partial charge < -0.3 is 25.6 Å². The highest BCUT2D eigenvalue weighted by molar-refractivity contribution is 6.31. The summed E-state index contributed by atoms with van der Waals surface area (Å²) in [5, 5.41) is 15.2. The Morgan fingerprint density at radius 2 is 1.89 bits per heavy atom. The van der Waals surface area contributed by atoms with Crippen molar-refractivity contribution in [2.24, 2.45) is 11.7 Å². The molecule has 1 saturated carbocycles. The molecule has 4 aromatic rings. The molecule has 0 saturated heterocycles. The van der Waals surface area contributed by atoms with Gasteiger partial charge in [-0.3, -0.25) is 9.59 Å². The lowest BCUT2D eigenvalue weighted by molar-refractivity contribution is -0.137. The molecule has 1 aliphatic carbocycles. The maximum absolute atomic E-state index is 14.0. The summed E-state index contributed by atoms with van der Waals surface area (Å²) in [5.41, 5.74) is 2.93. The molecule has 1 aromatic heterocycles. The zero-order valence-corrected chi connectivity index (χ0v) is 25.4. The summed E-state index contributed by atoms with van der Waals surface area (Å²) in [5.74, 6) is -1.90. The highest BCUT2D eigenvalue weighted by atomic mass is 35.5. The van der Waals surface area contributed by atoms with Crippen LogP contribution in [-0.4, -0.2) is 42.2 Å². The Bertz CT molecular complexity index is 1910. The Hall–Kier alpha value is -4.42. The fraction of sp³-hybridized carbons (Fsp3) is 0.303. The van der Waals surface area contributed by atoms with E-state index in [2.05, 4.69) is 5.32 Å². The fourth-order valence-corrected chi connectivity index (χ4v) is 5.96. The van der Waals surface area contributed by atoms with Crippen molar-refractivity contribution in [1.82, 2.24) is 10.3 Å². The summed E-state index contributed by atoms with van der Waals surface area (Å²) in [7, 11) is 1.34. The topological polar surface area (TPSA) is 124 Å². The van der Waals surface area contributed by atoms with Crippen molar-refractivity contribution in [3.63, 3.8) is 0 Å². The molecular formula is C33H28ClF4N3O5. The van der Waals surface area contributed by atoms with Crippen LogP contribution in [0.15, 0.2) is 54.6 Å². The number of pyridine rings is 1. The number of carbonyl (C=O) groups excluding carboxylic acids is 2. The number of aliphatic hydroxyl groups is 1. The van der Waals surface area contributed by atoms with Gasteiger partial charge in [0.2, 0.25) is 5.91 Å². The van der Waals surface area contributed by atoms with Crippen LogP contribution in [0, 0.1) is 11.7 Å². The van der Waals surface area contributed by atoms with E-state index < -0.39 is 40.4 Å². The third-order valence-corrected chi connectivity index (χ3v) is 9.04. The largest absolute Gasteiger partial charge is 0.496 e. The minimum atomic E-state index is -4.59. The van der Waals surface area contributed by atoms with Crippen LogP contribution in [0.4, 0.5) is 17.6 Å². The van der Waals surface area contributed by atoms with Crippen molar-refractivity contribution >= 4 is 34.2 Å². The first-order chi connectivity index (χ1) is 21.7. The second-order valence-electron chi connectivity index (χ2n) is 11.8. The highest BCUT2D eigenvalue weighted by Crippen LogP contribution is 2.50. The summed E-state index contributed by atoms with van der Waals surface area (Å²) < 4.78 is 65.5. The number of alkyl halides is 3. The number of nitrogens with zero attached hydrogens (tertiary/aromatic N) is 1. The fourth-order valence-electron chi connectivity index (χ4n) is 5.78. The van der Waals surface area contributed by atoms with Gasteiger partial charge in [-0.25, -0.2) is 9.37 Å². The summed E-state index contributed by atoms with van der Waals surface area (Å²) in [6.07, 6.45) is -3.37. The van der Waals surface area contributed by atoms with E-state index in [4.69, 9.17) is 31.8 Å². The van der Waals surface area contributed by atoms with Gasteiger partial charge in [0.05, 0.1) is 29.9 Å². The van der Waals surface area contributed by atoms with Crippen molar-refractivity contribution in [2.75, 3.05) is 20.3 Å². The molecule has 240 valence electrons. The Labute approximate surface area is 265 Å². The number of carbonyl (C=O) groups is 2. The van der Waals surface area contributed by atoms with E-state index in [0.29, 0.717) is 29.4 Å². The van der Waals surface area contributed by atoms with Crippen molar-refractivity contribution in [3.8, 4) is 22.8 Å². The number of nitrogens with two attached hydrogens (primary N) is 1. The van der Waals surface area contributed by atoms with E-state index >= 15 is 0 Å². The predicted octanol–water partition coefficient (Wildman–Crippen LogP) is 5.88. The lowest BCUT2D eigenvalue weighted by Gasteiger charge is -2.30. The second kappa shape index (κ2) is 11.1. The van der Waals surface area contributed by atoms with E-state index in [1.165, 1.54) is 43.5 Å². The molecule has 8 nitrogen and oxygen atoms in total. The Kier molecular flexibility index (Phi) is 7.63. The van der Waals surface area contributed by atoms with E-state index in [0.717, 1.165) is 18.2 Å². The number of benzene rings is 3. The first-order valence-electron chi connectivity index (χ1n) is 14.3. The van der Waals surface area contributed by atoms with Crippen LogP contribution in [0.5, 0.6) is 11.5 Å². The average molecular weight is 658 g/mol. The number of hydrogen-bond donors (Lipinski definition) is 3. The van der Waals surface area contributed by atoms with Gasteiger partial charge in [0.15, 0.2) is 0 Å². The van der Waals surface area contributed by atoms with Crippen molar-refractivity contribution in [2.45, 2.75) is 37.0 Å². The second-order valence-corrected chi connectivity index (χ2v) is 12.2. The Morgan fingerprint density at radius 3 is 2.52 bits per heavy atom. The molecule has 0 bridgehead atoms. The number of nitrogens with one attached hydrogen (secondary N) is 1. The van der Waals surface area contributed by atoms with Gasteiger partial charge in [0.1, 0.15) is 40.6 Å². The third kappa shape index (κ3) is 5.39. The standard InChI is InChI=1S/C33H28ClF4N3O5/c1-31(30(39)43)15-46-28-22(31)13-26(41-27(28)16-3-8-24(35)23(34)11-16)32(44,19-4-5-19)14-40-29(42)18-9-17-10-20(33(36,37)38)6-7-21(17)25(12-18)45-2/h3,6-13,19,44H,4-5,14-15H2,1-2H3,(H2,39,43)(H,40,42)/t31-,32+/m0/s1. The highest BCUT2D eigenvalue weighted by Gasteiger charge is 2.50. The summed E-state index contributed by atoms with van der Waals surface area (Å²) in [6, 6.07) is 11.3. The summed E-state index contributed by atoms with van der Waals surface area (Å²) in [6.45, 7) is 1.17. The molecule has 4 N–H and O–H groups in total. The van der Waals surface area contributed by atoms with E-state index in [-0.39, 0.29) is 57.9 Å². The number of fused-ring (bicyclic) bond motifs is 2. The summed E-state index contributed by atoms with van der Waals surface area (Å²) >= 11 is 6.06. The molecular weight excluding hydrogens is 630 g/mol. The molecule has 2 amide bonds. The van der Waals surface area contributed by atoms with E-state index in [9.17, 15) is 32.3 Å². The molecule has 2 atom stereocenters. The van der Waals surface area contributed by atoms with Crippen LogP contribution < -0.4 is 20.5 Å². The van der Waals surface area contributed by atoms with E-state index in [1.54, 1.807) is 6.92 Å². The van der Waals surface area contributed by atoms with Crippen LogP contribution >= 0.6 is 11.6 Å². The molecule has 1 fully saturated rings. The van der Waals surface area contributed by atoms with Crippen LogP contribution in [0.2, 0.25) is 5.02 Å². The number of hydrogen-bond acceptors (Lipinski definition) is 6. The molecule has 2 aliphatic rings. The number of primary amides is 1. The van der Waals surface area contributed by atoms with Gasteiger partial charge in [-0.2, -0.15) is 13.2 Å². The van der Waals surface area contributed by atoms with Crippen LogP contribution in [0.25, 0.3) is 22.0 Å². The van der Waals surface area contributed by atoms with Crippen molar-refractivity contribution in [1.29, 1.82) is 0 Å². The number of halogens is 5. The van der Waals surface area contributed by atoms with Gasteiger partial charge in [-0.05, 0) is 79.6 Å². The van der Waals surface area contributed by atoms with Crippen LogP contribution in [-0.2, 0) is 22.0 Å². The molecule has 0 spiro atoms. The van der Waals surface area contributed by atoms with Crippen molar-refractivity contribution in [3.05, 3.63) is 87.8 Å². The van der Waals surface area contributed by atoms with Crippen LogP contribution in [0.3, 0.4) is 0 Å². The van der Waals surface area contributed by atoms with Gasteiger partial charge in [-0.15, -0.1) is 0 Å². The minimum absolute atomic E-state index is 0.0140. The average Bonchev–Trinajstić information content (AvgIpc) is 3.83. The zero-order valence-electron chi connectivity index (χ0n) is 24.6. The number of rotatable bonds is 8. The van der Waals surface area contributed by atoms with Gasteiger partial charge >= 0.3 is 6.18 Å². The first-order valence-corrected chi connectivity index (χ1v) is 14.7. The maximum atomic E-state index is 14.0. The molecule has 0 radical (unpaired) electrons. The SMILES string of the molecule is COc1cc(C(=O)NC[C@](O)(c2cc3c(c(-c4ccc(F)c(Cl)c4)n2)OC[C@]3(C)C(N)=O)C2CC2)cc2cc(C(F)(F)F)ccc12. The van der Waals surface area contributed by atoms with Gasteiger partial charge in [-0.1, -0.05) is 17.7 Å². The Balaban J connectivity index is 1.39. The number of methoxy groups -OCH3 is 1. The summed E-state index contributed by atoms with van der Waals surface area (Å²) in [4.78, 5) is 30.7. The molecule has 13 heteroatoms. The normalized spacial score (nSPS) is 18.9. The number of amides is 2. The first kappa shape index (κ1) is 31.6. The smallest absolute Gasteiger partial charge is 0.416 e. The molecule has 6 rings (SSSR count). The molecule has 0 unspecified atom stereocenters. The van der Waals surface area contributed by atoms with E-state index in [1.807, 2.05) is 0 Å². The monoisotopic (exact) mass is 657 g/mol. The lowest BCUT2D eigenvalue weighted by atomic mass is 9.81. The number of ether oxygens (including phenoxy) is 2. The van der Waals surface area contributed by atoms with Crippen LogP contribution in [0.1, 0.15) is 46.9 Å².